The molecule has 1 aromatic carbocycles. The summed E-state index contributed by atoms with van der Waals surface area (Å²) in [6, 6.07) is 16.5. The van der Waals surface area contributed by atoms with E-state index in [1.165, 1.54) is 12.1 Å². The molecule has 32 heavy (non-hydrogen) atoms. The van der Waals surface area contributed by atoms with Gasteiger partial charge < -0.3 is 10.1 Å². The maximum absolute atomic E-state index is 12.8. The lowest BCUT2D eigenvalue weighted by Crippen LogP contribution is -2.15. The van der Waals surface area contributed by atoms with Crippen molar-refractivity contribution in [2.24, 2.45) is 0 Å². The van der Waals surface area contributed by atoms with Gasteiger partial charge in [-0.2, -0.15) is 0 Å². The van der Waals surface area contributed by atoms with Gasteiger partial charge >= 0.3 is 0 Å². The molecule has 0 aliphatic rings. The molecule has 0 spiro atoms. The van der Waals surface area contributed by atoms with Crippen molar-refractivity contribution in [2.45, 2.75) is 10.8 Å². The number of aromatic nitrogens is 2. The number of sulfonamides is 1. The van der Waals surface area contributed by atoms with E-state index in [2.05, 4.69) is 20.0 Å². The molecule has 0 fully saturated rings. The number of thiophene rings is 1. The Morgan fingerprint density at radius 2 is 1.84 bits per heavy atom. The highest BCUT2D eigenvalue weighted by Crippen LogP contribution is 2.24. The lowest BCUT2D eigenvalue weighted by Gasteiger charge is -2.12. The Bertz CT molecular complexity index is 1310. The standard InChI is InChI=1S/C22H18N4O4S2/c27-22(17-4-1-5-18(14-17)26-32(28,29)20-7-3-13-31-20)25-21-19(6-2-10-24-21)30-15-16-8-11-23-12-9-16/h1-14,26H,15H2,(H,24,25,27). The number of ether oxygens (including phenoxy) is 1. The van der Waals surface area contributed by atoms with E-state index in [9.17, 15) is 13.2 Å². The number of carbonyl (C=O) groups is 1. The fraction of sp³-hybridized carbons (Fsp3) is 0.0455. The Kier molecular flexibility index (Phi) is 6.43. The first kappa shape index (κ1) is 21.5. The van der Waals surface area contributed by atoms with Crippen LogP contribution in [0.25, 0.3) is 0 Å². The molecule has 0 bridgehead atoms. The fourth-order valence-corrected chi connectivity index (χ4v) is 4.81. The summed E-state index contributed by atoms with van der Waals surface area (Å²) in [7, 11) is -3.71. The van der Waals surface area contributed by atoms with Crippen LogP contribution in [0.2, 0.25) is 0 Å². The van der Waals surface area contributed by atoms with Crippen molar-refractivity contribution >= 4 is 38.8 Å². The van der Waals surface area contributed by atoms with Crippen LogP contribution in [0.15, 0.2) is 88.8 Å². The molecular formula is C22H18N4O4S2. The van der Waals surface area contributed by atoms with Crippen LogP contribution >= 0.6 is 11.3 Å². The zero-order chi connectivity index (χ0) is 22.4. The van der Waals surface area contributed by atoms with Gasteiger partial charge in [-0.1, -0.05) is 12.1 Å². The third-order valence-corrected chi connectivity index (χ3v) is 7.06. The summed E-state index contributed by atoms with van der Waals surface area (Å²) in [5, 5.41) is 4.40. The number of anilines is 2. The topological polar surface area (TPSA) is 110 Å². The van der Waals surface area contributed by atoms with Gasteiger partial charge in [-0.3, -0.25) is 14.5 Å². The van der Waals surface area contributed by atoms with Gasteiger partial charge in [0.1, 0.15) is 10.8 Å². The minimum Gasteiger partial charge on any atom is -0.485 e. The monoisotopic (exact) mass is 466 g/mol. The molecule has 3 heterocycles. The molecule has 0 atom stereocenters. The van der Waals surface area contributed by atoms with Gasteiger partial charge in [0.05, 0.1) is 0 Å². The summed E-state index contributed by atoms with van der Waals surface area (Å²) in [5.74, 6) is 0.220. The molecule has 4 aromatic rings. The predicted octanol–water partition coefficient (Wildman–Crippen LogP) is 4.17. The molecule has 8 nitrogen and oxygen atoms in total. The van der Waals surface area contributed by atoms with Crippen LogP contribution in [-0.4, -0.2) is 24.3 Å². The zero-order valence-corrected chi connectivity index (χ0v) is 18.3. The number of nitrogens with one attached hydrogen (secondary N) is 2. The van der Waals surface area contributed by atoms with Gasteiger partial charge in [-0.15, -0.1) is 11.3 Å². The predicted molar refractivity (Wildman–Crippen MR) is 122 cm³/mol. The second-order valence-corrected chi connectivity index (χ2v) is 9.42. The van der Waals surface area contributed by atoms with E-state index in [0.29, 0.717) is 5.75 Å². The van der Waals surface area contributed by atoms with E-state index in [0.717, 1.165) is 16.9 Å². The number of hydrogen-bond acceptors (Lipinski definition) is 7. The van der Waals surface area contributed by atoms with Crippen molar-refractivity contribution < 1.29 is 17.9 Å². The summed E-state index contributed by atoms with van der Waals surface area (Å²) in [6.45, 7) is 0.289. The van der Waals surface area contributed by atoms with Crippen LogP contribution in [0.4, 0.5) is 11.5 Å². The lowest BCUT2D eigenvalue weighted by molar-refractivity contribution is 0.102. The fourth-order valence-electron chi connectivity index (χ4n) is 2.77. The maximum atomic E-state index is 12.8. The second kappa shape index (κ2) is 9.58. The zero-order valence-electron chi connectivity index (χ0n) is 16.6. The molecule has 2 N–H and O–H groups in total. The molecule has 0 aliphatic carbocycles. The quantitative estimate of drug-likeness (QED) is 0.403. The molecule has 0 unspecified atom stereocenters. The highest BCUT2D eigenvalue weighted by atomic mass is 32.2. The summed E-state index contributed by atoms with van der Waals surface area (Å²) < 4.78 is 33.3. The highest BCUT2D eigenvalue weighted by molar-refractivity contribution is 7.94. The number of benzene rings is 1. The van der Waals surface area contributed by atoms with E-state index in [4.69, 9.17) is 4.74 Å². The Labute approximate surface area is 189 Å². The molecule has 0 saturated heterocycles. The van der Waals surface area contributed by atoms with Crippen LogP contribution < -0.4 is 14.8 Å². The van der Waals surface area contributed by atoms with Crippen molar-refractivity contribution in [1.29, 1.82) is 0 Å². The Morgan fingerprint density at radius 1 is 1.00 bits per heavy atom. The number of pyridine rings is 2. The minimum atomic E-state index is -3.71. The van der Waals surface area contributed by atoms with E-state index >= 15 is 0 Å². The Morgan fingerprint density at radius 3 is 2.62 bits per heavy atom. The Hall–Kier alpha value is -3.76. The molecule has 162 valence electrons. The van der Waals surface area contributed by atoms with Gasteiger partial charge in [-0.05, 0) is 59.5 Å². The molecule has 1 amide bonds. The van der Waals surface area contributed by atoms with E-state index in [1.54, 1.807) is 60.4 Å². The average Bonchev–Trinajstić information content (AvgIpc) is 3.35. The summed E-state index contributed by atoms with van der Waals surface area (Å²) in [5.41, 5.74) is 1.47. The van der Waals surface area contributed by atoms with Gasteiger partial charge in [0.2, 0.25) is 0 Å². The van der Waals surface area contributed by atoms with Crippen molar-refractivity contribution in [3.63, 3.8) is 0 Å². The Balaban J connectivity index is 1.47. The highest BCUT2D eigenvalue weighted by Gasteiger charge is 2.17. The van der Waals surface area contributed by atoms with Gasteiger partial charge in [0.25, 0.3) is 15.9 Å². The molecule has 0 radical (unpaired) electrons. The van der Waals surface area contributed by atoms with Crippen molar-refractivity contribution in [2.75, 3.05) is 10.0 Å². The average molecular weight is 467 g/mol. The summed E-state index contributed by atoms with van der Waals surface area (Å²) in [6.07, 6.45) is 4.88. The summed E-state index contributed by atoms with van der Waals surface area (Å²) in [4.78, 5) is 21.0. The molecular weight excluding hydrogens is 448 g/mol. The SMILES string of the molecule is O=C(Nc1ncccc1OCc1ccncc1)c1cccc(NS(=O)(=O)c2cccs2)c1. The smallest absolute Gasteiger partial charge is 0.271 e. The van der Waals surface area contributed by atoms with Gasteiger partial charge in [-0.25, -0.2) is 13.4 Å². The largest absolute Gasteiger partial charge is 0.485 e. The lowest BCUT2D eigenvalue weighted by atomic mass is 10.2. The number of amides is 1. The normalized spacial score (nSPS) is 11.0. The summed E-state index contributed by atoms with van der Waals surface area (Å²) >= 11 is 1.11. The van der Waals surface area contributed by atoms with Gasteiger partial charge in [0, 0.05) is 29.8 Å². The second-order valence-electron chi connectivity index (χ2n) is 6.57. The van der Waals surface area contributed by atoms with E-state index in [1.807, 2.05) is 12.1 Å². The maximum Gasteiger partial charge on any atom is 0.271 e. The van der Waals surface area contributed by atoms with E-state index in [-0.39, 0.29) is 27.9 Å². The number of hydrogen-bond donors (Lipinski definition) is 2. The van der Waals surface area contributed by atoms with Crippen LogP contribution in [-0.2, 0) is 16.6 Å². The molecule has 4 rings (SSSR count). The van der Waals surface area contributed by atoms with Crippen LogP contribution in [0, 0.1) is 0 Å². The van der Waals surface area contributed by atoms with Crippen molar-refractivity contribution in [3.8, 4) is 5.75 Å². The first-order valence-corrected chi connectivity index (χ1v) is 11.8. The van der Waals surface area contributed by atoms with E-state index < -0.39 is 15.9 Å². The molecule has 3 aromatic heterocycles. The number of carbonyl (C=O) groups excluding carboxylic acids is 1. The molecule has 0 aliphatic heterocycles. The third-order valence-electron chi connectivity index (χ3n) is 4.28. The molecule has 10 heteroatoms. The van der Waals surface area contributed by atoms with Crippen molar-refractivity contribution in [3.05, 3.63) is 95.8 Å². The van der Waals surface area contributed by atoms with Gasteiger partial charge in [0.15, 0.2) is 11.6 Å². The van der Waals surface area contributed by atoms with Crippen molar-refractivity contribution in [1.82, 2.24) is 9.97 Å². The van der Waals surface area contributed by atoms with Crippen LogP contribution in [0.3, 0.4) is 0 Å². The number of rotatable bonds is 8. The third kappa shape index (κ3) is 5.29. The van der Waals surface area contributed by atoms with Crippen LogP contribution in [0.5, 0.6) is 5.75 Å². The van der Waals surface area contributed by atoms with Crippen LogP contribution in [0.1, 0.15) is 15.9 Å². The minimum absolute atomic E-state index is 0.192. The number of nitrogens with zero attached hydrogens (tertiary/aromatic N) is 2. The molecule has 0 saturated carbocycles. The first-order valence-electron chi connectivity index (χ1n) is 9.46. The first-order chi connectivity index (χ1) is 15.5.